The molecule has 1 heterocycles. The van der Waals surface area contributed by atoms with Gasteiger partial charge < -0.3 is 5.32 Å². The van der Waals surface area contributed by atoms with Crippen LogP contribution >= 0.6 is 11.8 Å². The van der Waals surface area contributed by atoms with Crippen LogP contribution in [0.3, 0.4) is 0 Å². The molecule has 1 N–H and O–H groups in total. The summed E-state index contributed by atoms with van der Waals surface area (Å²) in [4.78, 5) is 12.1. The Hall–Kier alpha value is -2.60. The maximum atomic E-state index is 12.1. The number of hydrogen-bond donors (Lipinski definition) is 1. The molecule has 0 aliphatic heterocycles. The zero-order valence-electron chi connectivity index (χ0n) is 14.9. The molecular weight excluding hydrogens is 344 g/mol. The Kier molecular flexibility index (Phi) is 6.07. The molecule has 1 unspecified atom stereocenters. The first-order valence-electron chi connectivity index (χ1n) is 8.67. The maximum absolute atomic E-state index is 12.1. The van der Waals surface area contributed by atoms with Crippen molar-refractivity contribution in [3.05, 3.63) is 60.7 Å². The summed E-state index contributed by atoms with van der Waals surface area (Å²) in [6, 6.07) is 20.1. The van der Waals surface area contributed by atoms with Crippen molar-refractivity contribution >= 4 is 17.7 Å². The van der Waals surface area contributed by atoms with Gasteiger partial charge in [-0.15, -0.1) is 10.2 Å². The van der Waals surface area contributed by atoms with E-state index in [9.17, 15) is 4.79 Å². The predicted octanol–water partition coefficient (Wildman–Crippen LogP) is 3.94. The summed E-state index contributed by atoms with van der Waals surface area (Å²) in [5, 5.41) is 12.4. The molecule has 0 aliphatic rings. The van der Waals surface area contributed by atoms with Crippen molar-refractivity contribution in [3.8, 4) is 17.1 Å². The molecule has 1 aromatic heterocycles. The van der Waals surface area contributed by atoms with Crippen LogP contribution in [0.1, 0.15) is 20.3 Å². The maximum Gasteiger partial charge on any atom is 0.230 e. The first-order valence-corrected chi connectivity index (χ1v) is 9.66. The van der Waals surface area contributed by atoms with Crippen LogP contribution in [0, 0.1) is 0 Å². The molecule has 5 nitrogen and oxygen atoms in total. The standard InChI is InChI=1S/C20H22N4OS/c1-3-15(2)21-18(25)14-26-20-23-22-19(16-10-6-4-7-11-16)24(20)17-12-8-5-9-13-17/h4-13,15H,3,14H2,1-2H3,(H,21,25). The number of amides is 1. The third-order valence-corrected chi connectivity index (χ3v) is 4.96. The molecule has 26 heavy (non-hydrogen) atoms. The lowest BCUT2D eigenvalue weighted by Gasteiger charge is -2.12. The minimum absolute atomic E-state index is 0.00761. The molecule has 134 valence electrons. The molecule has 0 aliphatic carbocycles. The number of benzene rings is 2. The normalized spacial score (nSPS) is 11.9. The molecule has 1 atom stereocenters. The lowest BCUT2D eigenvalue weighted by molar-refractivity contribution is -0.119. The molecule has 1 amide bonds. The molecule has 0 fully saturated rings. The zero-order valence-corrected chi connectivity index (χ0v) is 15.7. The first kappa shape index (κ1) is 18.2. The molecule has 3 aromatic rings. The van der Waals surface area contributed by atoms with Gasteiger partial charge in [0.15, 0.2) is 11.0 Å². The molecule has 2 aromatic carbocycles. The van der Waals surface area contributed by atoms with Gasteiger partial charge in [-0.25, -0.2) is 0 Å². The summed E-state index contributed by atoms with van der Waals surface area (Å²) in [7, 11) is 0. The summed E-state index contributed by atoms with van der Waals surface area (Å²) in [5.41, 5.74) is 1.96. The van der Waals surface area contributed by atoms with Crippen molar-refractivity contribution in [1.82, 2.24) is 20.1 Å². The Bertz CT molecular complexity index is 849. The first-order chi connectivity index (χ1) is 12.7. The van der Waals surface area contributed by atoms with Gasteiger partial charge in [-0.3, -0.25) is 9.36 Å². The third-order valence-electron chi connectivity index (χ3n) is 4.03. The van der Waals surface area contributed by atoms with Crippen molar-refractivity contribution in [2.24, 2.45) is 0 Å². The van der Waals surface area contributed by atoms with E-state index in [1.165, 1.54) is 11.8 Å². The lowest BCUT2D eigenvalue weighted by Crippen LogP contribution is -2.33. The van der Waals surface area contributed by atoms with E-state index in [0.29, 0.717) is 10.9 Å². The van der Waals surface area contributed by atoms with Gasteiger partial charge in [0.25, 0.3) is 0 Å². The molecule has 0 radical (unpaired) electrons. The molecule has 3 rings (SSSR count). The van der Waals surface area contributed by atoms with Crippen molar-refractivity contribution in [1.29, 1.82) is 0 Å². The summed E-state index contributed by atoms with van der Waals surface area (Å²) < 4.78 is 2.00. The number of aromatic nitrogens is 3. The predicted molar refractivity (Wildman–Crippen MR) is 105 cm³/mol. The minimum Gasteiger partial charge on any atom is -0.353 e. The average molecular weight is 366 g/mol. The highest BCUT2D eigenvalue weighted by atomic mass is 32.2. The number of para-hydroxylation sites is 1. The van der Waals surface area contributed by atoms with Crippen molar-refractivity contribution in [3.63, 3.8) is 0 Å². The molecule has 6 heteroatoms. The fourth-order valence-electron chi connectivity index (χ4n) is 2.50. The van der Waals surface area contributed by atoms with E-state index in [-0.39, 0.29) is 11.9 Å². The topological polar surface area (TPSA) is 59.8 Å². The Morgan fingerprint density at radius 1 is 1.08 bits per heavy atom. The van der Waals surface area contributed by atoms with Crippen molar-refractivity contribution in [2.45, 2.75) is 31.5 Å². The Morgan fingerprint density at radius 3 is 2.38 bits per heavy atom. The van der Waals surface area contributed by atoms with Crippen LogP contribution in [0.25, 0.3) is 17.1 Å². The van der Waals surface area contributed by atoms with E-state index in [4.69, 9.17) is 0 Å². The van der Waals surface area contributed by atoms with E-state index in [2.05, 4.69) is 22.4 Å². The van der Waals surface area contributed by atoms with Gasteiger partial charge in [0.1, 0.15) is 0 Å². The van der Waals surface area contributed by atoms with Gasteiger partial charge in [-0.05, 0) is 25.5 Å². The highest BCUT2D eigenvalue weighted by Crippen LogP contribution is 2.27. The Labute approximate surface area is 157 Å². The number of carbonyl (C=O) groups excluding carboxylic acids is 1. The molecule has 0 spiro atoms. The smallest absolute Gasteiger partial charge is 0.230 e. The monoisotopic (exact) mass is 366 g/mol. The van der Waals surface area contributed by atoms with Crippen LogP contribution in [0.15, 0.2) is 65.8 Å². The minimum atomic E-state index is 0.00761. The highest BCUT2D eigenvalue weighted by Gasteiger charge is 2.17. The number of nitrogens with one attached hydrogen (secondary N) is 1. The van der Waals surface area contributed by atoms with E-state index in [0.717, 1.165) is 23.5 Å². The number of rotatable bonds is 7. The highest BCUT2D eigenvalue weighted by molar-refractivity contribution is 7.99. The third kappa shape index (κ3) is 4.32. The van der Waals surface area contributed by atoms with Gasteiger partial charge in [-0.1, -0.05) is 67.2 Å². The molecule has 0 saturated carbocycles. The van der Waals surface area contributed by atoms with Crippen molar-refractivity contribution in [2.75, 3.05) is 5.75 Å². The SMILES string of the molecule is CCC(C)NC(=O)CSc1nnc(-c2ccccc2)n1-c1ccccc1. The summed E-state index contributed by atoms with van der Waals surface area (Å²) >= 11 is 1.40. The van der Waals surface area contributed by atoms with E-state index in [1.807, 2.05) is 72.2 Å². The van der Waals surface area contributed by atoms with Crippen LogP contribution in [0.2, 0.25) is 0 Å². The molecular formula is C20H22N4OS. The summed E-state index contributed by atoms with van der Waals surface area (Å²) in [5.74, 6) is 1.08. The molecule has 0 bridgehead atoms. The summed E-state index contributed by atoms with van der Waals surface area (Å²) in [6.07, 6.45) is 0.911. The largest absolute Gasteiger partial charge is 0.353 e. The number of thioether (sulfide) groups is 1. The van der Waals surface area contributed by atoms with Gasteiger partial charge in [0, 0.05) is 17.3 Å². The Morgan fingerprint density at radius 2 is 1.73 bits per heavy atom. The second kappa shape index (κ2) is 8.67. The quantitative estimate of drug-likeness (QED) is 0.644. The lowest BCUT2D eigenvalue weighted by atomic mass is 10.2. The van der Waals surface area contributed by atoms with Gasteiger partial charge >= 0.3 is 0 Å². The number of carbonyl (C=O) groups is 1. The van der Waals surface area contributed by atoms with E-state index < -0.39 is 0 Å². The van der Waals surface area contributed by atoms with Gasteiger partial charge in [0.05, 0.1) is 5.75 Å². The van der Waals surface area contributed by atoms with Crippen LogP contribution < -0.4 is 5.32 Å². The van der Waals surface area contributed by atoms with Crippen LogP contribution in [-0.2, 0) is 4.79 Å². The molecule has 0 saturated heterocycles. The zero-order chi connectivity index (χ0) is 18.4. The fourth-order valence-corrected chi connectivity index (χ4v) is 3.26. The fraction of sp³-hybridized carbons (Fsp3) is 0.250. The second-order valence-electron chi connectivity index (χ2n) is 6.01. The van der Waals surface area contributed by atoms with Crippen LogP contribution in [0.5, 0.6) is 0 Å². The van der Waals surface area contributed by atoms with Crippen molar-refractivity contribution < 1.29 is 4.79 Å². The summed E-state index contributed by atoms with van der Waals surface area (Å²) in [6.45, 7) is 4.05. The van der Waals surface area contributed by atoms with Gasteiger partial charge in [0.2, 0.25) is 5.91 Å². The second-order valence-corrected chi connectivity index (χ2v) is 6.95. The Balaban J connectivity index is 1.89. The van der Waals surface area contributed by atoms with E-state index in [1.54, 1.807) is 0 Å². The number of nitrogens with zero attached hydrogens (tertiary/aromatic N) is 3. The van der Waals surface area contributed by atoms with Gasteiger partial charge in [-0.2, -0.15) is 0 Å². The number of hydrogen-bond acceptors (Lipinski definition) is 4. The van der Waals surface area contributed by atoms with E-state index >= 15 is 0 Å². The van der Waals surface area contributed by atoms with Crippen LogP contribution in [0.4, 0.5) is 0 Å². The average Bonchev–Trinajstić information content (AvgIpc) is 3.11. The van der Waals surface area contributed by atoms with Crippen LogP contribution in [-0.4, -0.2) is 32.5 Å².